The van der Waals surface area contributed by atoms with Gasteiger partial charge < -0.3 is 4.90 Å². The summed E-state index contributed by atoms with van der Waals surface area (Å²) in [7, 11) is 0. The van der Waals surface area contributed by atoms with E-state index in [-0.39, 0.29) is 5.41 Å². The number of hydrogen-bond donors (Lipinski definition) is 0. The quantitative estimate of drug-likeness (QED) is 0.187. The third-order valence-electron chi connectivity index (χ3n) is 10.2. The number of rotatable bonds is 3. The van der Waals surface area contributed by atoms with Crippen molar-refractivity contribution in [1.82, 2.24) is 0 Å². The normalized spacial score (nSPS) is 13.4. The SMILES string of the molecule is c1ccc(N(c2ccccc2)c2ccc3c(ccc4cc5c(cc43)C3(c4ccccc4-c4ccccc43)c3ccccc3-5)c2)cc1. The van der Waals surface area contributed by atoms with E-state index in [4.69, 9.17) is 0 Å². The standard InChI is InChI=1S/C45H29N/c1-3-13-32(14-4-1)46(33-15-5-2-6-16-33)34-25-26-35-30(27-34)23-24-31-28-40-38-19-9-12-22-43(38)45(44(40)29-39(31)35)41-20-10-7-17-36(41)37-18-8-11-21-42(37)45/h1-29H. The number of anilines is 3. The van der Waals surface area contributed by atoms with E-state index >= 15 is 0 Å². The molecule has 8 aromatic rings. The first kappa shape index (κ1) is 25.4. The zero-order valence-electron chi connectivity index (χ0n) is 25.2. The molecule has 8 aromatic carbocycles. The lowest BCUT2D eigenvalue weighted by Gasteiger charge is -2.30. The average molecular weight is 584 g/mol. The molecule has 1 nitrogen and oxygen atoms in total. The van der Waals surface area contributed by atoms with E-state index in [1.54, 1.807) is 0 Å². The molecule has 0 aliphatic heterocycles. The third kappa shape index (κ3) is 3.35. The molecule has 2 aliphatic carbocycles. The van der Waals surface area contributed by atoms with E-state index in [1.165, 1.54) is 66.1 Å². The second-order valence-electron chi connectivity index (χ2n) is 12.5. The predicted octanol–water partition coefficient (Wildman–Crippen LogP) is 11.8. The Labute approximate surface area is 268 Å². The van der Waals surface area contributed by atoms with E-state index in [0.29, 0.717) is 0 Å². The van der Waals surface area contributed by atoms with Crippen LogP contribution in [-0.4, -0.2) is 0 Å². The lowest BCUT2D eigenvalue weighted by atomic mass is 9.70. The van der Waals surface area contributed by atoms with Gasteiger partial charge in [0.15, 0.2) is 0 Å². The van der Waals surface area contributed by atoms with Crippen LogP contribution in [0.4, 0.5) is 17.1 Å². The minimum Gasteiger partial charge on any atom is -0.310 e. The molecule has 10 rings (SSSR count). The minimum atomic E-state index is -0.340. The third-order valence-corrected chi connectivity index (χ3v) is 10.2. The van der Waals surface area contributed by atoms with Gasteiger partial charge in [-0.05, 0) is 115 Å². The zero-order valence-corrected chi connectivity index (χ0v) is 25.2. The van der Waals surface area contributed by atoms with E-state index in [9.17, 15) is 0 Å². The Hall–Kier alpha value is -5.92. The molecule has 0 amide bonds. The highest BCUT2D eigenvalue weighted by Gasteiger charge is 2.51. The van der Waals surface area contributed by atoms with Gasteiger partial charge in [0.2, 0.25) is 0 Å². The van der Waals surface area contributed by atoms with Gasteiger partial charge >= 0.3 is 0 Å². The highest BCUT2D eigenvalue weighted by molar-refractivity contribution is 6.11. The summed E-state index contributed by atoms with van der Waals surface area (Å²) in [6, 6.07) is 64.9. The second-order valence-corrected chi connectivity index (χ2v) is 12.5. The van der Waals surface area contributed by atoms with Crippen molar-refractivity contribution in [1.29, 1.82) is 0 Å². The number of para-hydroxylation sites is 2. The number of fused-ring (bicyclic) bond motifs is 13. The maximum atomic E-state index is 2.51. The topological polar surface area (TPSA) is 3.24 Å². The van der Waals surface area contributed by atoms with Crippen LogP contribution in [0, 0.1) is 0 Å². The van der Waals surface area contributed by atoms with Crippen molar-refractivity contribution >= 4 is 38.6 Å². The zero-order chi connectivity index (χ0) is 30.2. The van der Waals surface area contributed by atoms with Crippen molar-refractivity contribution < 1.29 is 0 Å². The first-order chi connectivity index (χ1) is 22.8. The fraction of sp³-hybridized carbons (Fsp3) is 0.0222. The summed E-state index contributed by atoms with van der Waals surface area (Å²) in [5, 5.41) is 5.07. The van der Waals surface area contributed by atoms with Crippen LogP contribution in [0.15, 0.2) is 176 Å². The van der Waals surface area contributed by atoms with E-state index in [0.717, 1.165) is 17.1 Å². The maximum absolute atomic E-state index is 2.51. The molecule has 0 saturated carbocycles. The molecule has 0 unspecified atom stereocenters. The van der Waals surface area contributed by atoms with Gasteiger partial charge in [0.1, 0.15) is 0 Å². The lowest BCUT2D eigenvalue weighted by Crippen LogP contribution is -2.25. The Balaban J connectivity index is 1.23. The van der Waals surface area contributed by atoms with Crippen LogP contribution >= 0.6 is 0 Å². The number of hydrogen-bond acceptors (Lipinski definition) is 1. The van der Waals surface area contributed by atoms with Crippen molar-refractivity contribution in [3.05, 3.63) is 198 Å². The van der Waals surface area contributed by atoms with Gasteiger partial charge in [-0.2, -0.15) is 0 Å². The highest BCUT2D eigenvalue weighted by atomic mass is 15.1. The van der Waals surface area contributed by atoms with Crippen molar-refractivity contribution in [3.63, 3.8) is 0 Å². The van der Waals surface area contributed by atoms with Gasteiger partial charge in [-0.1, -0.05) is 127 Å². The molecular weight excluding hydrogens is 555 g/mol. The molecule has 0 N–H and O–H groups in total. The van der Waals surface area contributed by atoms with Crippen molar-refractivity contribution in [3.8, 4) is 22.3 Å². The summed E-state index contributed by atoms with van der Waals surface area (Å²) in [6.07, 6.45) is 0. The summed E-state index contributed by atoms with van der Waals surface area (Å²) < 4.78 is 0. The molecule has 1 spiro atoms. The Morgan fingerprint density at radius 1 is 0.304 bits per heavy atom. The van der Waals surface area contributed by atoms with Gasteiger partial charge in [0, 0.05) is 17.1 Å². The highest BCUT2D eigenvalue weighted by Crippen LogP contribution is 2.63. The van der Waals surface area contributed by atoms with Crippen molar-refractivity contribution in [2.24, 2.45) is 0 Å². The lowest BCUT2D eigenvalue weighted by molar-refractivity contribution is 0.795. The smallest absolute Gasteiger partial charge is 0.0725 e. The molecule has 0 fully saturated rings. The molecule has 46 heavy (non-hydrogen) atoms. The summed E-state index contributed by atoms with van der Waals surface area (Å²) in [5.74, 6) is 0. The molecule has 0 bridgehead atoms. The van der Waals surface area contributed by atoms with Crippen molar-refractivity contribution in [2.75, 3.05) is 4.90 Å². The molecule has 0 heterocycles. The molecule has 2 aliphatic rings. The maximum Gasteiger partial charge on any atom is 0.0725 e. The van der Waals surface area contributed by atoms with Gasteiger partial charge in [0.05, 0.1) is 5.41 Å². The van der Waals surface area contributed by atoms with Crippen LogP contribution in [0.5, 0.6) is 0 Å². The molecule has 1 heteroatoms. The fourth-order valence-electron chi connectivity index (χ4n) is 8.38. The van der Waals surface area contributed by atoms with Gasteiger partial charge in [-0.3, -0.25) is 0 Å². The summed E-state index contributed by atoms with van der Waals surface area (Å²) in [4.78, 5) is 2.34. The molecule has 0 radical (unpaired) electrons. The van der Waals surface area contributed by atoms with E-state index in [1.807, 2.05) is 0 Å². The van der Waals surface area contributed by atoms with E-state index in [2.05, 4.69) is 181 Å². The summed E-state index contributed by atoms with van der Waals surface area (Å²) in [6.45, 7) is 0. The molecular formula is C45H29N. The van der Waals surface area contributed by atoms with Crippen LogP contribution < -0.4 is 4.90 Å². The molecule has 0 atom stereocenters. The van der Waals surface area contributed by atoms with Gasteiger partial charge in [-0.25, -0.2) is 0 Å². The van der Waals surface area contributed by atoms with Crippen LogP contribution in [0.1, 0.15) is 22.3 Å². The minimum absolute atomic E-state index is 0.340. The Morgan fingerprint density at radius 2 is 0.783 bits per heavy atom. The predicted molar refractivity (Wildman–Crippen MR) is 192 cm³/mol. The molecule has 214 valence electrons. The summed E-state index contributed by atoms with van der Waals surface area (Å²) >= 11 is 0. The van der Waals surface area contributed by atoms with Gasteiger partial charge in [0.25, 0.3) is 0 Å². The Morgan fingerprint density at radius 3 is 1.35 bits per heavy atom. The largest absolute Gasteiger partial charge is 0.310 e. The number of nitrogens with zero attached hydrogens (tertiary/aromatic N) is 1. The summed E-state index contributed by atoms with van der Waals surface area (Å²) in [5.41, 5.74) is 14.0. The fourth-order valence-corrected chi connectivity index (χ4v) is 8.38. The monoisotopic (exact) mass is 583 g/mol. The van der Waals surface area contributed by atoms with Crippen LogP contribution in [-0.2, 0) is 5.41 Å². The molecule has 0 aromatic heterocycles. The Bertz CT molecular complexity index is 2390. The van der Waals surface area contributed by atoms with Crippen LogP contribution in [0.25, 0.3) is 43.8 Å². The Kier molecular flexibility index (Phi) is 5.27. The van der Waals surface area contributed by atoms with Gasteiger partial charge in [-0.15, -0.1) is 0 Å². The molecule has 0 saturated heterocycles. The van der Waals surface area contributed by atoms with Crippen LogP contribution in [0.3, 0.4) is 0 Å². The van der Waals surface area contributed by atoms with Crippen molar-refractivity contribution in [2.45, 2.75) is 5.41 Å². The first-order valence-corrected chi connectivity index (χ1v) is 16.0. The second kappa shape index (κ2) is 9.54. The average Bonchev–Trinajstić information content (AvgIpc) is 3.59. The number of benzene rings is 8. The first-order valence-electron chi connectivity index (χ1n) is 16.0. The van der Waals surface area contributed by atoms with Crippen LogP contribution in [0.2, 0.25) is 0 Å². The van der Waals surface area contributed by atoms with E-state index < -0.39 is 0 Å².